The molecule has 126 valence electrons. The SMILES string of the molecule is NC(=S)N/N=C/c1cc(Cl)cc(Cl)c1OCc1ccc(Cl)cc1Cl. The van der Waals surface area contributed by atoms with Gasteiger partial charge in [-0.3, -0.25) is 5.43 Å². The molecular formula is C15H11Cl4N3OS. The van der Waals surface area contributed by atoms with Gasteiger partial charge in [-0.05, 0) is 36.5 Å². The smallest absolute Gasteiger partial charge is 0.184 e. The molecule has 0 spiro atoms. The summed E-state index contributed by atoms with van der Waals surface area (Å²) in [6.07, 6.45) is 1.45. The van der Waals surface area contributed by atoms with Crippen molar-refractivity contribution >= 4 is 69.9 Å². The van der Waals surface area contributed by atoms with Gasteiger partial charge in [0.05, 0.1) is 11.2 Å². The van der Waals surface area contributed by atoms with Gasteiger partial charge >= 0.3 is 0 Å². The van der Waals surface area contributed by atoms with Gasteiger partial charge in [-0.2, -0.15) is 5.10 Å². The number of hydrogen-bond donors (Lipinski definition) is 2. The second-order valence-corrected chi connectivity index (χ2v) is 6.69. The molecule has 2 aromatic carbocycles. The first kappa shape index (κ1) is 19.1. The molecule has 9 heteroatoms. The minimum Gasteiger partial charge on any atom is -0.487 e. The summed E-state index contributed by atoms with van der Waals surface area (Å²) < 4.78 is 5.79. The highest BCUT2D eigenvalue weighted by Crippen LogP contribution is 2.33. The first-order chi connectivity index (χ1) is 11.4. The lowest BCUT2D eigenvalue weighted by atomic mass is 10.2. The molecule has 3 N–H and O–H groups in total. The van der Waals surface area contributed by atoms with Crippen LogP contribution in [0.4, 0.5) is 0 Å². The molecule has 0 radical (unpaired) electrons. The van der Waals surface area contributed by atoms with Crippen molar-refractivity contribution in [2.75, 3.05) is 0 Å². The van der Waals surface area contributed by atoms with E-state index in [4.69, 9.17) is 56.9 Å². The van der Waals surface area contributed by atoms with Crippen LogP contribution in [0, 0.1) is 0 Å². The molecule has 0 saturated carbocycles. The highest BCUT2D eigenvalue weighted by molar-refractivity contribution is 7.80. The average molecular weight is 423 g/mol. The summed E-state index contributed by atoms with van der Waals surface area (Å²) in [5.74, 6) is 0.403. The van der Waals surface area contributed by atoms with Crippen LogP contribution >= 0.6 is 58.6 Å². The average Bonchev–Trinajstić information content (AvgIpc) is 2.47. The zero-order valence-electron chi connectivity index (χ0n) is 12.0. The van der Waals surface area contributed by atoms with E-state index in [2.05, 4.69) is 22.7 Å². The van der Waals surface area contributed by atoms with E-state index in [1.165, 1.54) is 6.21 Å². The first-order valence-corrected chi connectivity index (χ1v) is 8.43. The summed E-state index contributed by atoms with van der Waals surface area (Å²) in [6.45, 7) is 0.195. The van der Waals surface area contributed by atoms with Crippen molar-refractivity contribution in [3.05, 3.63) is 61.5 Å². The van der Waals surface area contributed by atoms with Crippen LogP contribution in [0.15, 0.2) is 35.4 Å². The quantitative estimate of drug-likeness (QED) is 0.402. The third kappa shape index (κ3) is 5.40. The number of rotatable bonds is 5. The Morgan fingerprint density at radius 3 is 2.50 bits per heavy atom. The monoisotopic (exact) mass is 421 g/mol. The Bertz CT molecular complexity index is 799. The van der Waals surface area contributed by atoms with E-state index in [0.29, 0.717) is 31.4 Å². The zero-order valence-corrected chi connectivity index (χ0v) is 15.9. The predicted octanol–water partition coefficient (Wildman–Crippen LogP) is 5.05. The number of nitrogens with zero attached hydrogens (tertiary/aromatic N) is 1. The maximum absolute atomic E-state index is 6.21. The second kappa shape index (κ2) is 8.74. The van der Waals surface area contributed by atoms with Crippen LogP contribution in [0.1, 0.15) is 11.1 Å². The van der Waals surface area contributed by atoms with Gasteiger partial charge in [-0.1, -0.05) is 52.5 Å². The van der Waals surface area contributed by atoms with E-state index in [1.54, 1.807) is 30.3 Å². The van der Waals surface area contributed by atoms with Crippen LogP contribution in [0.5, 0.6) is 5.75 Å². The van der Waals surface area contributed by atoms with Crippen molar-refractivity contribution in [2.45, 2.75) is 6.61 Å². The topological polar surface area (TPSA) is 59.6 Å². The third-order valence-electron chi connectivity index (χ3n) is 2.80. The fraction of sp³-hybridized carbons (Fsp3) is 0.0667. The lowest BCUT2D eigenvalue weighted by molar-refractivity contribution is 0.306. The van der Waals surface area contributed by atoms with Gasteiger partial charge < -0.3 is 10.5 Å². The first-order valence-electron chi connectivity index (χ1n) is 6.51. The molecular weight excluding hydrogens is 412 g/mol. The Hall–Kier alpha value is -1.24. The molecule has 0 aliphatic carbocycles. The summed E-state index contributed by atoms with van der Waals surface area (Å²) in [7, 11) is 0. The van der Waals surface area contributed by atoms with Crippen LogP contribution < -0.4 is 15.9 Å². The maximum Gasteiger partial charge on any atom is 0.184 e. The summed E-state index contributed by atoms with van der Waals surface area (Å²) in [5.41, 5.74) is 9.08. The van der Waals surface area contributed by atoms with E-state index in [9.17, 15) is 0 Å². The van der Waals surface area contributed by atoms with E-state index in [-0.39, 0.29) is 11.7 Å². The molecule has 2 aromatic rings. The van der Waals surface area contributed by atoms with Crippen molar-refractivity contribution in [3.8, 4) is 5.75 Å². The number of nitrogens with one attached hydrogen (secondary N) is 1. The van der Waals surface area contributed by atoms with Gasteiger partial charge in [-0.25, -0.2) is 0 Å². The molecule has 0 fully saturated rings. The molecule has 0 aromatic heterocycles. The van der Waals surface area contributed by atoms with Gasteiger partial charge in [0.1, 0.15) is 12.4 Å². The largest absolute Gasteiger partial charge is 0.487 e. The Morgan fingerprint density at radius 1 is 1.12 bits per heavy atom. The van der Waals surface area contributed by atoms with Gasteiger partial charge in [-0.15, -0.1) is 0 Å². The molecule has 0 aliphatic heterocycles. The molecule has 0 amide bonds. The van der Waals surface area contributed by atoms with Crippen molar-refractivity contribution < 1.29 is 4.74 Å². The van der Waals surface area contributed by atoms with E-state index in [0.717, 1.165) is 5.56 Å². The highest BCUT2D eigenvalue weighted by atomic mass is 35.5. The number of nitrogens with two attached hydrogens (primary N) is 1. The normalized spacial score (nSPS) is 10.8. The van der Waals surface area contributed by atoms with Gasteiger partial charge in [0, 0.05) is 26.2 Å². The molecule has 0 heterocycles. The van der Waals surface area contributed by atoms with Gasteiger partial charge in [0.25, 0.3) is 0 Å². The summed E-state index contributed by atoms with van der Waals surface area (Å²) >= 11 is 28.9. The number of benzene rings is 2. The van der Waals surface area contributed by atoms with Crippen LogP contribution in [0.2, 0.25) is 20.1 Å². The number of halogens is 4. The summed E-state index contributed by atoms with van der Waals surface area (Å²) in [6, 6.07) is 8.36. The molecule has 0 saturated heterocycles. The standard InChI is InChI=1S/C15H11Cl4N3OS/c16-10-2-1-8(12(18)4-10)7-23-14-9(6-21-22-15(20)24)3-11(17)5-13(14)19/h1-6H,7H2,(H3,20,22,24)/b21-6+. The van der Waals surface area contributed by atoms with Gasteiger partial charge in [0.2, 0.25) is 0 Å². The lowest BCUT2D eigenvalue weighted by Gasteiger charge is -2.12. The number of ether oxygens (including phenoxy) is 1. The fourth-order valence-corrected chi connectivity index (χ4v) is 2.86. The lowest BCUT2D eigenvalue weighted by Crippen LogP contribution is -2.24. The Labute approximate surface area is 164 Å². The maximum atomic E-state index is 6.21. The molecule has 0 bridgehead atoms. The molecule has 4 nitrogen and oxygen atoms in total. The van der Waals surface area contributed by atoms with E-state index < -0.39 is 0 Å². The number of thiocarbonyl (C=S) groups is 1. The molecule has 0 unspecified atom stereocenters. The van der Waals surface area contributed by atoms with E-state index >= 15 is 0 Å². The van der Waals surface area contributed by atoms with Crippen LogP contribution in [0.25, 0.3) is 0 Å². The molecule has 24 heavy (non-hydrogen) atoms. The van der Waals surface area contributed by atoms with Crippen LogP contribution in [-0.4, -0.2) is 11.3 Å². The summed E-state index contributed by atoms with van der Waals surface area (Å²) in [4.78, 5) is 0. The Morgan fingerprint density at radius 2 is 1.83 bits per heavy atom. The second-order valence-electron chi connectivity index (χ2n) is 4.56. The summed E-state index contributed by atoms with van der Waals surface area (Å²) in [5, 5.41) is 5.74. The van der Waals surface area contributed by atoms with Crippen LogP contribution in [-0.2, 0) is 6.61 Å². The van der Waals surface area contributed by atoms with Crippen molar-refractivity contribution in [1.29, 1.82) is 0 Å². The van der Waals surface area contributed by atoms with Gasteiger partial charge in [0.15, 0.2) is 5.11 Å². The van der Waals surface area contributed by atoms with Crippen LogP contribution in [0.3, 0.4) is 0 Å². The molecule has 0 aliphatic rings. The molecule has 2 rings (SSSR count). The molecule has 0 atom stereocenters. The van der Waals surface area contributed by atoms with Crippen molar-refractivity contribution in [3.63, 3.8) is 0 Å². The zero-order chi connectivity index (χ0) is 17.7. The number of hydrazone groups is 1. The Balaban J connectivity index is 2.24. The Kier molecular flexibility index (Phi) is 6.95. The third-order valence-corrected chi connectivity index (χ3v) is 3.98. The predicted molar refractivity (Wildman–Crippen MR) is 105 cm³/mol. The van der Waals surface area contributed by atoms with Crippen molar-refractivity contribution in [1.82, 2.24) is 5.43 Å². The van der Waals surface area contributed by atoms with Crippen molar-refractivity contribution in [2.24, 2.45) is 10.8 Å². The minimum atomic E-state index is 0.0368. The minimum absolute atomic E-state index is 0.0368. The van der Waals surface area contributed by atoms with E-state index in [1.807, 2.05) is 0 Å². The fourth-order valence-electron chi connectivity index (χ4n) is 1.78. The number of hydrogen-bond acceptors (Lipinski definition) is 3. The highest BCUT2D eigenvalue weighted by Gasteiger charge is 2.11.